The Balaban J connectivity index is 1.51. The maximum atomic E-state index is 12.8. The molecule has 1 heterocycles. The molecule has 0 saturated heterocycles. The summed E-state index contributed by atoms with van der Waals surface area (Å²) in [6.45, 7) is 6.73. The molecule has 0 aromatic heterocycles. The number of esters is 1. The topological polar surface area (TPSA) is 97.7 Å². The average molecular weight is 485 g/mol. The number of amides is 1. The number of methoxy groups -OCH3 is 1. The molecule has 7 heteroatoms. The molecule has 7 nitrogen and oxygen atoms in total. The Morgan fingerprint density at radius 2 is 1.83 bits per heavy atom. The van der Waals surface area contributed by atoms with Crippen LogP contribution >= 0.6 is 0 Å². The molecule has 1 N–H and O–H groups in total. The van der Waals surface area contributed by atoms with E-state index in [2.05, 4.69) is 32.2 Å². The van der Waals surface area contributed by atoms with Crippen molar-refractivity contribution >= 4 is 17.6 Å². The van der Waals surface area contributed by atoms with Gasteiger partial charge in [0.05, 0.1) is 25.2 Å². The number of nitrogens with zero attached hydrogens (tertiary/aromatic N) is 1. The second-order valence-electron chi connectivity index (χ2n) is 9.62. The van der Waals surface area contributed by atoms with Gasteiger partial charge in [-0.05, 0) is 59.9 Å². The van der Waals surface area contributed by atoms with Crippen molar-refractivity contribution in [2.75, 3.05) is 19.0 Å². The van der Waals surface area contributed by atoms with E-state index in [4.69, 9.17) is 14.2 Å². The minimum atomic E-state index is -0.484. The van der Waals surface area contributed by atoms with Crippen LogP contribution in [0.2, 0.25) is 0 Å². The summed E-state index contributed by atoms with van der Waals surface area (Å²) in [7, 11) is 1.34. The van der Waals surface area contributed by atoms with Gasteiger partial charge < -0.3 is 19.5 Å². The lowest BCUT2D eigenvalue weighted by molar-refractivity contribution is -0.143. The van der Waals surface area contributed by atoms with Gasteiger partial charge in [-0.2, -0.15) is 5.26 Å². The zero-order chi connectivity index (χ0) is 25.9. The summed E-state index contributed by atoms with van der Waals surface area (Å²) in [4.78, 5) is 24.9. The predicted molar refractivity (Wildman–Crippen MR) is 136 cm³/mol. The zero-order valence-corrected chi connectivity index (χ0v) is 20.8. The number of nitrogens with one attached hydrogen (secondary N) is 1. The van der Waals surface area contributed by atoms with Crippen molar-refractivity contribution < 1.29 is 23.8 Å². The fraction of sp³-hybridized carbons (Fsp3) is 0.276. The maximum absolute atomic E-state index is 12.8. The molecule has 4 rings (SSSR count). The molecule has 3 aromatic rings. The molecule has 1 amide bonds. The number of carbonyl (C=O) groups excluding carboxylic acids is 2. The predicted octanol–water partition coefficient (Wildman–Crippen LogP) is 5.94. The van der Waals surface area contributed by atoms with Gasteiger partial charge in [0, 0.05) is 22.9 Å². The van der Waals surface area contributed by atoms with E-state index < -0.39 is 5.92 Å². The molecule has 3 aromatic carbocycles. The van der Waals surface area contributed by atoms with Crippen LogP contribution in [0.15, 0.2) is 60.7 Å². The average Bonchev–Trinajstić information content (AvgIpc) is 2.87. The standard InChI is InChI=1S/C29H28N2O5/c1-29(2,3)20-6-5-7-21(15-20)31-27(32)18-8-10-22(11-9-18)36-25-16-26-24(14-19(25)17-30)23(12-13-35-26)28(33)34-4/h5-11,14-16,23H,12-13H2,1-4H3,(H,31,32). The Hall–Kier alpha value is -4.31. The Morgan fingerprint density at radius 3 is 2.50 bits per heavy atom. The van der Waals surface area contributed by atoms with E-state index in [9.17, 15) is 14.9 Å². The Morgan fingerprint density at radius 1 is 1.08 bits per heavy atom. The number of fused-ring (bicyclic) bond motifs is 1. The molecule has 1 unspecified atom stereocenters. The largest absolute Gasteiger partial charge is 0.493 e. The van der Waals surface area contributed by atoms with Crippen molar-refractivity contribution in [2.24, 2.45) is 0 Å². The quantitative estimate of drug-likeness (QED) is 0.450. The van der Waals surface area contributed by atoms with Gasteiger partial charge in [-0.3, -0.25) is 9.59 Å². The second kappa shape index (κ2) is 10.1. The van der Waals surface area contributed by atoms with Crippen molar-refractivity contribution in [1.29, 1.82) is 5.26 Å². The summed E-state index contributed by atoms with van der Waals surface area (Å²) in [5.74, 6) is 0.161. The number of anilines is 1. The van der Waals surface area contributed by atoms with E-state index in [1.807, 2.05) is 24.3 Å². The van der Waals surface area contributed by atoms with Gasteiger partial charge in [-0.1, -0.05) is 32.9 Å². The first-order chi connectivity index (χ1) is 17.2. The number of benzene rings is 3. The highest BCUT2D eigenvalue weighted by atomic mass is 16.5. The number of hydrogen-bond acceptors (Lipinski definition) is 6. The van der Waals surface area contributed by atoms with Crippen molar-refractivity contribution in [3.8, 4) is 23.3 Å². The molecule has 1 aliphatic rings. The van der Waals surface area contributed by atoms with E-state index in [-0.39, 0.29) is 22.9 Å². The molecular weight excluding hydrogens is 456 g/mol. The lowest BCUT2D eigenvalue weighted by atomic mass is 9.87. The Labute approximate surface area is 210 Å². The Bertz CT molecular complexity index is 1330. The zero-order valence-electron chi connectivity index (χ0n) is 20.8. The van der Waals surface area contributed by atoms with E-state index in [0.29, 0.717) is 41.4 Å². The van der Waals surface area contributed by atoms with Gasteiger partial charge in [0.15, 0.2) is 0 Å². The molecular formula is C29H28N2O5. The van der Waals surface area contributed by atoms with Gasteiger partial charge in [0.25, 0.3) is 5.91 Å². The summed E-state index contributed by atoms with van der Waals surface area (Å²) in [5, 5.41) is 12.6. The second-order valence-corrected chi connectivity index (χ2v) is 9.62. The summed E-state index contributed by atoms with van der Waals surface area (Å²) >= 11 is 0. The van der Waals surface area contributed by atoms with E-state index in [1.54, 1.807) is 36.4 Å². The number of carbonyl (C=O) groups is 2. The van der Waals surface area contributed by atoms with Crippen LogP contribution in [-0.4, -0.2) is 25.6 Å². The van der Waals surface area contributed by atoms with Crippen LogP contribution in [0.5, 0.6) is 17.2 Å². The minimum absolute atomic E-state index is 0.0239. The SMILES string of the molecule is COC(=O)C1CCOc2cc(Oc3ccc(C(=O)Nc4cccc(C(C)(C)C)c4)cc3)c(C#N)cc21. The van der Waals surface area contributed by atoms with Crippen molar-refractivity contribution in [3.63, 3.8) is 0 Å². The van der Waals surface area contributed by atoms with Crippen molar-refractivity contribution in [2.45, 2.75) is 38.5 Å². The van der Waals surface area contributed by atoms with E-state index in [0.717, 1.165) is 11.3 Å². The van der Waals surface area contributed by atoms with Gasteiger partial charge in [-0.25, -0.2) is 0 Å². The fourth-order valence-electron chi connectivity index (χ4n) is 4.04. The smallest absolute Gasteiger partial charge is 0.313 e. The van der Waals surface area contributed by atoms with Gasteiger partial charge >= 0.3 is 5.97 Å². The van der Waals surface area contributed by atoms with Crippen LogP contribution in [0.4, 0.5) is 5.69 Å². The maximum Gasteiger partial charge on any atom is 0.313 e. The number of rotatable bonds is 5. The first-order valence-corrected chi connectivity index (χ1v) is 11.7. The molecule has 0 spiro atoms. The first kappa shape index (κ1) is 24.8. The summed E-state index contributed by atoms with van der Waals surface area (Å²) in [5.41, 5.74) is 3.19. The van der Waals surface area contributed by atoms with Crippen LogP contribution < -0.4 is 14.8 Å². The van der Waals surface area contributed by atoms with Gasteiger partial charge in [0.2, 0.25) is 0 Å². The molecule has 0 radical (unpaired) electrons. The third-order valence-electron chi connectivity index (χ3n) is 6.09. The highest BCUT2D eigenvalue weighted by Gasteiger charge is 2.30. The summed E-state index contributed by atoms with van der Waals surface area (Å²) < 4.78 is 16.6. The normalized spacial score (nSPS) is 14.6. The van der Waals surface area contributed by atoms with Gasteiger partial charge in [-0.15, -0.1) is 0 Å². The molecule has 1 aliphatic heterocycles. The van der Waals surface area contributed by atoms with Crippen molar-refractivity contribution in [1.82, 2.24) is 0 Å². The number of nitriles is 1. The molecule has 0 aliphatic carbocycles. The third kappa shape index (κ3) is 5.33. The third-order valence-corrected chi connectivity index (χ3v) is 6.09. The van der Waals surface area contributed by atoms with Crippen LogP contribution in [-0.2, 0) is 14.9 Å². The van der Waals surface area contributed by atoms with Crippen LogP contribution in [0.25, 0.3) is 0 Å². The molecule has 184 valence electrons. The van der Waals surface area contributed by atoms with E-state index in [1.165, 1.54) is 7.11 Å². The highest BCUT2D eigenvalue weighted by molar-refractivity contribution is 6.04. The Kier molecular flexibility index (Phi) is 6.98. The first-order valence-electron chi connectivity index (χ1n) is 11.7. The van der Waals surface area contributed by atoms with Crippen molar-refractivity contribution in [3.05, 3.63) is 82.9 Å². The van der Waals surface area contributed by atoms with Crippen LogP contribution in [0.1, 0.15) is 60.2 Å². The van der Waals surface area contributed by atoms with E-state index >= 15 is 0 Å². The fourth-order valence-corrected chi connectivity index (χ4v) is 4.04. The summed E-state index contributed by atoms with van der Waals surface area (Å²) in [6, 6.07) is 19.8. The van der Waals surface area contributed by atoms with Crippen LogP contribution in [0, 0.1) is 11.3 Å². The molecule has 0 fully saturated rings. The highest BCUT2D eigenvalue weighted by Crippen LogP contribution is 2.40. The molecule has 1 atom stereocenters. The van der Waals surface area contributed by atoms with Gasteiger partial charge in [0.1, 0.15) is 23.3 Å². The number of hydrogen-bond donors (Lipinski definition) is 1. The lowest BCUT2D eigenvalue weighted by Gasteiger charge is -2.25. The molecule has 0 bridgehead atoms. The monoisotopic (exact) mass is 484 g/mol. The molecule has 0 saturated carbocycles. The minimum Gasteiger partial charge on any atom is -0.493 e. The number of ether oxygens (including phenoxy) is 3. The lowest BCUT2D eigenvalue weighted by Crippen LogP contribution is -2.22. The molecule has 36 heavy (non-hydrogen) atoms. The van der Waals surface area contributed by atoms with Crippen LogP contribution in [0.3, 0.4) is 0 Å². The summed E-state index contributed by atoms with van der Waals surface area (Å²) in [6.07, 6.45) is 0.481.